The molecular weight excluding hydrogens is 206 g/mol. The van der Waals surface area contributed by atoms with Crippen LogP contribution in [0.25, 0.3) is 0 Å². The molecule has 5 heteroatoms. The zero-order valence-electron chi connectivity index (χ0n) is 10.3. The van der Waals surface area contributed by atoms with Crippen molar-refractivity contribution < 1.29 is 9.53 Å². The fourth-order valence-corrected chi connectivity index (χ4v) is 1.87. The van der Waals surface area contributed by atoms with E-state index in [1.807, 2.05) is 7.05 Å². The summed E-state index contributed by atoms with van der Waals surface area (Å²) in [6.45, 7) is 3.93. The second-order valence-corrected chi connectivity index (χ2v) is 4.26. The largest absolute Gasteiger partial charge is 0.385 e. The molecular formula is C11H23N3O2. The number of nitrogens with one attached hydrogen (secondary N) is 2. The van der Waals surface area contributed by atoms with Crippen molar-refractivity contribution in [1.82, 2.24) is 15.5 Å². The molecule has 2 N–H and O–H groups in total. The van der Waals surface area contributed by atoms with Crippen molar-refractivity contribution in [3.8, 4) is 0 Å². The van der Waals surface area contributed by atoms with E-state index in [0.29, 0.717) is 25.7 Å². The molecule has 0 saturated carbocycles. The maximum absolute atomic E-state index is 11.6. The van der Waals surface area contributed by atoms with Crippen molar-refractivity contribution >= 4 is 5.91 Å². The molecule has 1 rings (SSSR count). The summed E-state index contributed by atoms with van der Waals surface area (Å²) in [5.41, 5.74) is 0. The van der Waals surface area contributed by atoms with Crippen molar-refractivity contribution in [2.45, 2.75) is 18.9 Å². The number of carbonyl (C=O) groups is 1. The minimum atomic E-state index is 0.102. The van der Waals surface area contributed by atoms with Crippen LogP contribution in [0.15, 0.2) is 0 Å². The zero-order valence-corrected chi connectivity index (χ0v) is 10.3. The number of rotatable bonds is 7. The minimum absolute atomic E-state index is 0.102. The number of methoxy groups -OCH3 is 1. The van der Waals surface area contributed by atoms with E-state index in [1.165, 1.54) is 0 Å². The fourth-order valence-electron chi connectivity index (χ4n) is 1.87. The van der Waals surface area contributed by atoms with Crippen LogP contribution in [0.1, 0.15) is 12.8 Å². The summed E-state index contributed by atoms with van der Waals surface area (Å²) in [5, 5.41) is 6.19. The van der Waals surface area contributed by atoms with E-state index in [9.17, 15) is 4.79 Å². The number of hydrogen-bond donors (Lipinski definition) is 2. The predicted octanol–water partition coefficient (Wildman–Crippen LogP) is -0.567. The summed E-state index contributed by atoms with van der Waals surface area (Å²) in [4.78, 5) is 13.7. The molecule has 1 atom stereocenters. The third-order valence-corrected chi connectivity index (χ3v) is 2.90. The van der Waals surface area contributed by atoms with Gasteiger partial charge >= 0.3 is 0 Å². The molecule has 0 aromatic rings. The average Bonchev–Trinajstić information content (AvgIpc) is 2.77. The molecule has 1 aliphatic heterocycles. The smallest absolute Gasteiger partial charge is 0.234 e. The summed E-state index contributed by atoms with van der Waals surface area (Å²) >= 11 is 0. The Kier molecular flexibility index (Phi) is 6.37. The Morgan fingerprint density at radius 3 is 3.06 bits per heavy atom. The number of ether oxygens (including phenoxy) is 1. The lowest BCUT2D eigenvalue weighted by molar-refractivity contribution is -0.122. The molecule has 1 unspecified atom stereocenters. The summed E-state index contributed by atoms with van der Waals surface area (Å²) in [5.74, 6) is 0.102. The third-order valence-electron chi connectivity index (χ3n) is 2.90. The number of nitrogens with zero attached hydrogens (tertiary/aromatic N) is 1. The van der Waals surface area contributed by atoms with E-state index in [-0.39, 0.29) is 5.91 Å². The molecule has 5 nitrogen and oxygen atoms in total. The molecule has 0 bridgehead atoms. The molecule has 0 aromatic carbocycles. The third kappa shape index (κ3) is 4.92. The van der Waals surface area contributed by atoms with Crippen LogP contribution in [0, 0.1) is 0 Å². The Morgan fingerprint density at radius 1 is 1.62 bits per heavy atom. The summed E-state index contributed by atoms with van der Waals surface area (Å²) < 4.78 is 4.92. The lowest BCUT2D eigenvalue weighted by Crippen LogP contribution is -2.41. The van der Waals surface area contributed by atoms with Crippen LogP contribution < -0.4 is 10.6 Å². The molecule has 0 aromatic heterocycles. The first-order valence-electron chi connectivity index (χ1n) is 5.90. The standard InChI is InChI=1S/C11H23N3O2/c1-14(10-4-6-12-8-10)9-11(15)13-5-3-7-16-2/h10,12H,3-9H2,1-2H3,(H,13,15). The summed E-state index contributed by atoms with van der Waals surface area (Å²) in [6.07, 6.45) is 2.00. The molecule has 1 amide bonds. The molecule has 1 saturated heterocycles. The SMILES string of the molecule is COCCCNC(=O)CN(C)C1CCNC1. The number of likely N-dealkylation sites (N-methyl/N-ethyl adjacent to an activating group) is 1. The van der Waals surface area contributed by atoms with Gasteiger partial charge in [-0.05, 0) is 26.4 Å². The fraction of sp³-hybridized carbons (Fsp3) is 0.909. The first-order chi connectivity index (χ1) is 7.74. The Hall–Kier alpha value is -0.650. The van der Waals surface area contributed by atoms with Crippen LogP contribution in [0.5, 0.6) is 0 Å². The van der Waals surface area contributed by atoms with Crippen LogP contribution in [-0.4, -0.2) is 63.8 Å². The van der Waals surface area contributed by atoms with Gasteiger partial charge < -0.3 is 15.4 Å². The topological polar surface area (TPSA) is 53.6 Å². The normalized spacial score (nSPS) is 20.3. The van der Waals surface area contributed by atoms with E-state index < -0.39 is 0 Å². The van der Waals surface area contributed by atoms with Crippen LogP contribution in [0.4, 0.5) is 0 Å². The second kappa shape index (κ2) is 7.60. The highest BCUT2D eigenvalue weighted by molar-refractivity contribution is 5.77. The van der Waals surface area contributed by atoms with Gasteiger partial charge in [-0.3, -0.25) is 9.69 Å². The number of amides is 1. The predicted molar refractivity (Wildman–Crippen MR) is 63.4 cm³/mol. The van der Waals surface area contributed by atoms with Gasteiger partial charge in [0.15, 0.2) is 0 Å². The van der Waals surface area contributed by atoms with Gasteiger partial charge in [0.25, 0.3) is 0 Å². The minimum Gasteiger partial charge on any atom is -0.385 e. The summed E-state index contributed by atoms with van der Waals surface area (Å²) in [7, 11) is 3.68. The van der Waals surface area contributed by atoms with E-state index in [1.54, 1.807) is 7.11 Å². The quantitative estimate of drug-likeness (QED) is 0.574. The molecule has 1 heterocycles. The molecule has 1 fully saturated rings. The maximum atomic E-state index is 11.6. The van der Waals surface area contributed by atoms with Gasteiger partial charge in [-0.2, -0.15) is 0 Å². The zero-order chi connectivity index (χ0) is 11.8. The lowest BCUT2D eigenvalue weighted by atomic mass is 10.2. The monoisotopic (exact) mass is 229 g/mol. The molecule has 0 radical (unpaired) electrons. The van der Waals surface area contributed by atoms with E-state index >= 15 is 0 Å². The lowest BCUT2D eigenvalue weighted by Gasteiger charge is -2.22. The van der Waals surface area contributed by atoms with Gasteiger partial charge in [-0.15, -0.1) is 0 Å². The molecule has 16 heavy (non-hydrogen) atoms. The highest BCUT2D eigenvalue weighted by Gasteiger charge is 2.20. The Labute approximate surface area is 97.5 Å². The van der Waals surface area contributed by atoms with Crippen molar-refractivity contribution in [2.24, 2.45) is 0 Å². The van der Waals surface area contributed by atoms with Gasteiger partial charge in [0.1, 0.15) is 0 Å². The molecule has 94 valence electrons. The van der Waals surface area contributed by atoms with Crippen molar-refractivity contribution in [3.05, 3.63) is 0 Å². The van der Waals surface area contributed by atoms with Gasteiger partial charge in [-0.1, -0.05) is 0 Å². The molecule has 1 aliphatic rings. The van der Waals surface area contributed by atoms with Crippen molar-refractivity contribution in [2.75, 3.05) is 46.9 Å². The van der Waals surface area contributed by atoms with Crippen LogP contribution in [0.3, 0.4) is 0 Å². The van der Waals surface area contributed by atoms with Crippen molar-refractivity contribution in [1.29, 1.82) is 0 Å². The van der Waals surface area contributed by atoms with Gasteiger partial charge in [0, 0.05) is 32.8 Å². The average molecular weight is 229 g/mol. The summed E-state index contributed by atoms with van der Waals surface area (Å²) in [6, 6.07) is 0.504. The highest BCUT2D eigenvalue weighted by Crippen LogP contribution is 2.04. The van der Waals surface area contributed by atoms with Crippen molar-refractivity contribution in [3.63, 3.8) is 0 Å². The Morgan fingerprint density at radius 2 is 2.44 bits per heavy atom. The van der Waals surface area contributed by atoms with E-state index in [4.69, 9.17) is 4.74 Å². The maximum Gasteiger partial charge on any atom is 0.234 e. The second-order valence-electron chi connectivity index (χ2n) is 4.26. The first kappa shape index (κ1) is 13.4. The van der Waals surface area contributed by atoms with Gasteiger partial charge in [-0.25, -0.2) is 0 Å². The van der Waals surface area contributed by atoms with Gasteiger partial charge in [0.05, 0.1) is 6.54 Å². The number of carbonyl (C=O) groups excluding carboxylic acids is 1. The Balaban J connectivity index is 2.08. The van der Waals surface area contributed by atoms with Crippen LogP contribution in [-0.2, 0) is 9.53 Å². The molecule has 0 aliphatic carbocycles. The van der Waals surface area contributed by atoms with Gasteiger partial charge in [0.2, 0.25) is 5.91 Å². The Bertz CT molecular complexity index is 205. The molecule has 0 spiro atoms. The number of hydrogen-bond acceptors (Lipinski definition) is 4. The van der Waals surface area contributed by atoms with E-state index in [2.05, 4.69) is 15.5 Å². The highest BCUT2D eigenvalue weighted by atomic mass is 16.5. The van der Waals surface area contributed by atoms with E-state index in [0.717, 1.165) is 25.9 Å². The van der Waals surface area contributed by atoms with Crippen LogP contribution in [0.2, 0.25) is 0 Å². The first-order valence-corrected chi connectivity index (χ1v) is 5.90. The van der Waals surface area contributed by atoms with Crippen LogP contribution >= 0.6 is 0 Å².